The lowest BCUT2D eigenvalue weighted by Crippen LogP contribution is -2.33. The molecule has 2 N–H and O–H groups in total. The summed E-state index contributed by atoms with van der Waals surface area (Å²) in [7, 11) is 1.76. The first-order chi connectivity index (χ1) is 8.04. The molecule has 0 aliphatic carbocycles. The summed E-state index contributed by atoms with van der Waals surface area (Å²) in [5, 5.41) is 5.55. The summed E-state index contributed by atoms with van der Waals surface area (Å²) in [4.78, 5) is 11.5. The third-order valence-electron chi connectivity index (χ3n) is 2.41. The predicted octanol–water partition coefficient (Wildman–Crippen LogP) is 1.44. The molecule has 0 aromatic heterocycles. The number of rotatable bonds is 5. The van der Waals surface area contributed by atoms with Crippen LogP contribution in [0.25, 0.3) is 0 Å². The van der Waals surface area contributed by atoms with E-state index in [4.69, 9.17) is 0 Å². The van der Waals surface area contributed by atoms with Crippen LogP contribution in [-0.2, 0) is 11.3 Å². The summed E-state index contributed by atoms with van der Waals surface area (Å²) in [6, 6.07) is 3.58. The molecule has 0 saturated heterocycles. The van der Waals surface area contributed by atoms with Crippen molar-refractivity contribution in [3.8, 4) is 0 Å². The zero-order valence-corrected chi connectivity index (χ0v) is 9.89. The summed E-state index contributed by atoms with van der Waals surface area (Å²) in [5.41, 5.74) is 0.536. The Morgan fingerprint density at radius 3 is 2.65 bits per heavy atom. The molecule has 1 aromatic carbocycles. The average molecular weight is 242 g/mol. The van der Waals surface area contributed by atoms with Crippen LogP contribution < -0.4 is 10.6 Å². The molecule has 17 heavy (non-hydrogen) atoms. The van der Waals surface area contributed by atoms with Crippen LogP contribution in [0, 0.1) is 17.6 Å². The summed E-state index contributed by atoms with van der Waals surface area (Å²) in [6.45, 7) is 2.56. The Hall–Kier alpha value is -1.49. The molecule has 0 aliphatic heterocycles. The van der Waals surface area contributed by atoms with Crippen molar-refractivity contribution in [2.24, 2.45) is 5.92 Å². The van der Waals surface area contributed by atoms with Gasteiger partial charge in [0.1, 0.15) is 0 Å². The van der Waals surface area contributed by atoms with Gasteiger partial charge in [-0.05, 0) is 24.7 Å². The molecular formula is C12H16F2N2O. The van der Waals surface area contributed by atoms with Gasteiger partial charge in [0.05, 0.1) is 0 Å². The van der Waals surface area contributed by atoms with E-state index in [1.807, 2.05) is 0 Å². The Kier molecular flexibility index (Phi) is 5.03. The van der Waals surface area contributed by atoms with Crippen molar-refractivity contribution < 1.29 is 13.6 Å². The van der Waals surface area contributed by atoms with Crippen LogP contribution in [0.3, 0.4) is 0 Å². The second kappa shape index (κ2) is 6.30. The summed E-state index contributed by atoms with van der Waals surface area (Å²) >= 11 is 0. The van der Waals surface area contributed by atoms with E-state index in [-0.39, 0.29) is 18.4 Å². The molecule has 0 bridgehead atoms. The van der Waals surface area contributed by atoms with Gasteiger partial charge >= 0.3 is 0 Å². The first-order valence-corrected chi connectivity index (χ1v) is 5.41. The number of hydrogen-bond acceptors (Lipinski definition) is 2. The molecule has 0 spiro atoms. The van der Waals surface area contributed by atoms with Gasteiger partial charge in [0.25, 0.3) is 0 Å². The SMILES string of the molecule is CNCC(C)C(=O)NCc1ccc(F)c(F)c1. The van der Waals surface area contributed by atoms with Crippen molar-refractivity contribution in [1.82, 2.24) is 10.6 Å². The lowest BCUT2D eigenvalue weighted by Gasteiger charge is -2.11. The van der Waals surface area contributed by atoms with E-state index < -0.39 is 11.6 Å². The highest BCUT2D eigenvalue weighted by molar-refractivity contribution is 5.78. The molecule has 0 saturated carbocycles. The first-order valence-electron chi connectivity index (χ1n) is 5.41. The predicted molar refractivity (Wildman–Crippen MR) is 61.3 cm³/mol. The average Bonchev–Trinajstić information content (AvgIpc) is 2.30. The van der Waals surface area contributed by atoms with Crippen molar-refractivity contribution in [1.29, 1.82) is 0 Å². The van der Waals surface area contributed by atoms with Gasteiger partial charge in [0, 0.05) is 19.0 Å². The van der Waals surface area contributed by atoms with E-state index in [1.165, 1.54) is 6.07 Å². The van der Waals surface area contributed by atoms with Crippen molar-refractivity contribution in [3.05, 3.63) is 35.4 Å². The fraction of sp³-hybridized carbons (Fsp3) is 0.417. The van der Waals surface area contributed by atoms with E-state index >= 15 is 0 Å². The number of halogens is 2. The molecular weight excluding hydrogens is 226 g/mol. The molecule has 0 radical (unpaired) electrons. The van der Waals surface area contributed by atoms with E-state index in [1.54, 1.807) is 14.0 Å². The molecule has 1 amide bonds. The van der Waals surface area contributed by atoms with Crippen molar-refractivity contribution in [2.45, 2.75) is 13.5 Å². The van der Waals surface area contributed by atoms with Gasteiger partial charge in [-0.3, -0.25) is 4.79 Å². The normalized spacial score (nSPS) is 12.2. The van der Waals surface area contributed by atoms with Crippen molar-refractivity contribution >= 4 is 5.91 Å². The van der Waals surface area contributed by atoms with Gasteiger partial charge in [-0.2, -0.15) is 0 Å². The van der Waals surface area contributed by atoms with Crippen LogP contribution in [0.4, 0.5) is 8.78 Å². The van der Waals surface area contributed by atoms with E-state index in [0.717, 1.165) is 12.1 Å². The maximum absolute atomic E-state index is 12.9. The zero-order chi connectivity index (χ0) is 12.8. The smallest absolute Gasteiger partial charge is 0.224 e. The highest BCUT2D eigenvalue weighted by Crippen LogP contribution is 2.08. The van der Waals surface area contributed by atoms with Gasteiger partial charge in [0.2, 0.25) is 5.91 Å². The topological polar surface area (TPSA) is 41.1 Å². The van der Waals surface area contributed by atoms with Crippen LogP contribution >= 0.6 is 0 Å². The Morgan fingerprint density at radius 1 is 1.35 bits per heavy atom. The summed E-state index contributed by atoms with van der Waals surface area (Å²) < 4.78 is 25.5. The second-order valence-corrected chi connectivity index (χ2v) is 3.92. The van der Waals surface area contributed by atoms with Crippen molar-refractivity contribution in [2.75, 3.05) is 13.6 Å². The highest BCUT2D eigenvalue weighted by atomic mass is 19.2. The Bertz CT molecular complexity index is 396. The largest absolute Gasteiger partial charge is 0.352 e. The molecule has 1 rings (SSSR count). The summed E-state index contributed by atoms with van der Waals surface area (Å²) in [6.07, 6.45) is 0. The lowest BCUT2D eigenvalue weighted by atomic mass is 10.1. The number of benzene rings is 1. The number of carbonyl (C=O) groups excluding carboxylic acids is 1. The number of hydrogen-bond donors (Lipinski definition) is 2. The fourth-order valence-corrected chi connectivity index (χ4v) is 1.41. The van der Waals surface area contributed by atoms with Gasteiger partial charge in [-0.1, -0.05) is 13.0 Å². The van der Waals surface area contributed by atoms with Crippen LogP contribution in [-0.4, -0.2) is 19.5 Å². The van der Waals surface area contributed by atoms with Crippen LogP contribution in [0.2, 0.25) is 0 Å². The zero-order valence-electron chi connectivity index (χ0n) is 9.89. The molecule has 1 unspecified atom stereocenters. The highest BCUT2D eigenvalue weighted by Gasteiger charge is 2.11. The number of nitrogens with one attached hydrogen (secondary N) is 2. The minimum absolute atomic E-state index is 0.121. The number of amides is 1. The molecule has 1 aromatic rings. The van der Waals surface area contributed by atoms with E-state index in [0.29, 0.717) is 12.1 Å². The maximum Gasteiger partial charge on any atom is 0.224 e. The molecule has 0 heterocycles. The van der Waals surface area contributed by atoms with Crippen LogP contribution in [0.5, 0.6) is 0 Å². The van der Waals surface area contributed by atoms with Gasteiger partial charge in [-0.15, -0.1) is 0 Å². The van der Waals surface area contributed by atoms with Gasteiger partial charge < -0.3 is 10.6 Å². The molecule has 1 atom stereocenters. The second-order valence-electron chi connectivity index (χ2n) is 3.92. The minimum Gasteiger partial charge on any atom is -0.352 e. The van der Waals surface area contributed by atoms with E-state index in [2.05, 4.69) is 10.6 Å². The summed E-state index contributed by atoms with van der Waals surface area (Å²) in [5.74, 6) is -2.07. The Balaban J connectivity index is 2.50. The Morgan fingerprint density at radius 2 is 2.06 bits per heavy atom. The first kappa shape index (κ1) is 13.6. The molecule has 5 heteroatoms. The van der Waals surface area contributed by atoms with Crippen LogP contribution in [0.15, 0.2) is 18.2 Å². The fourth-order valence-electron chi connectivity index (χ4n) is 1.41. The lowest BCUT2D eigenvalue weighted by molar-refractivity contribution is -0.124. The molecule has 3 nitrogen and oxygen atoms in total. The third kappa shape index (κ3) is 4.11. The van der Waals surface area contributed by atoms with E-state index in [9.17, 15) is 13.6 Å². The quantitative estimate of drug-likeness (QED) is 0.820. The monoisotopic (exact) mass is 242 g/mol. The number of carbonyl (C=O) groups is 1. The third-order valence-corrected chi connectivity index (χ3v) is 2.41. The standard InChI is InChI=1S/C12H16F2N2O/c1-8(6-15-2)12(17)16-7-9-3-4-10(13)11(14)5-9/h3-5,8,15H,6-7H2,1-2H3,(H,16,17). The molecule has 94 valence electrons. The van der Waals surface area contributed by atoms with Crippen LogP contribution in [0.1, 0.15) is 12.5 Å². The minimum atomic E-state index is -0.903. The molecule has 0 aliphatic rings. The Labute approximate surface area is 99.2 Å². The maximum atomic E-state index is 12.9. The van der Waals surface area contributed by atoms with Gasteiger partial charge in [0.15, 0.2) is 11.6 Å². The van der Waals surface area contributed by atoms with Gasteiger partial charge in [-0.25, -0.2) is 8.78 Å². The van der Waals surface area contributed by atoms with Crippen molar-refractivity contribution in [3.63, 3.8) is 0 Å². The molecule has 0 fully saturated rings.